The van der Waals surface area contributed by atoms with Crippen molar-refractivity contribution in [1.29, 1.82) is 0 Å². The van der Waals surface area contributed by atoms with Crippen LogP contribution in [0.15, 0.2) is 36.5 Å². The summed E-state index contributed by atoms with van der Waals surface area (Å²) in [5, 5.41) is 23.9. The van der Waals surface area contributed by atoms with Gasteiger partial charge in [0.1, 0.15) is 5.75 Å². The Kier molecular flexibility index (Phi) is 8.83. The quantitative estimate of drug-likeness (QED) is 0.381. The molecular formula is C24H27ClF3N9O2S. The number of ether oxygens (including phenoxy) is 1. The van der Waals surface area contributed by atoms with Gasteiger partial charge < -0.3 is 15.0 Å². The molecule has 0 bridgehead atoms. The first kappa shape index (κ1) is 28.3. The summed E-state index contributed by atoms with van der Waals surface area (Å²) in [5.74, 6) is 0.349. The molecule has 1 aromatic carbocycles. The summed E-state index contributed by atoms with van der Waals surface area (Å²) in [5.41, 5.74) is 0.550. The third-order valence-electron chi connectivity index (χ3n) is 6.55. The van der Waals surface area contributed by atoms with E-state index in [-0.39, 0.29) is 24.2 Å². The van der Waals surface area contributed by atoms with Crippen molar-refractivity contribution in [3.05, 3.63) is 47.1 Å². The van der Waals surface area contributed by atoms with Crippen molar-refractivity contribution in [2.75, 3.05) is 61.3 Å². The molecule has 4 heterocycles. The average Bonchev–Trinajstić information content (AvgIpc) is 3.56. The maximum absolute atomic E-state index is 12.6. The topological polar surface area (TPSA) is 112 Å². The van der Waals surface area contributed by atoms with E-state index in [9.17, 15) is 18.0 Å². The third kappa shape index (κ3) is 7.90. The molecule has 0 aliphatic carbocycles. The highest BCUT2D eigenvalue weighted by Gasteiger charge is 2.31. The van der Waals surface area contributed by atoms with E-state index in [0.29, 0.717) is 53.6 Å². The summed E-state index contributed by atoms with van der Waals surface area (Å²) in [7, 11) is 0. The lowest BCUT2D eigenvalue weighted by atomic mass is 10.2. The summed E-state index contributed by atoms with van der Waals surface area (Å²) in [6.45, 7) is 4.71. The second-order valence-corrected chi connectivity index (χ2v) is 10.9. The summed E-state index contributed by atoms with van der Waals surface area (Å²) < 4.78 is 41.6. The Balaban J connectivity index is 1.04. The monoisotopic (exact) mass is 597 g/mol. The Bertz CT molecular complexity index is 1290. The van der Waals surface area contributed by atoms with E-state index < -0.39 is 6.36 Å². The van der Waals surface area contributed by atoms with Gasteiger partial charge in [-0.25, -0.2) is 0 Å². The van der Waals surface area contributed by atoms with Gasteiger partial charge in [-0.15, -0.1) is 28.5 Å². The minimum absolute atomic E-state index is 0.185. The van der Waals surface area contributed by atoms with Crippen molar-refractivity contribution in [1.82, 2.24) is 30.2 Å². The van der Waals surface area contributed by atoms with Crippen molar-refractivity contribution in [2.45, 2.75) is 25.4 Å². The Morgan fingerprint density at radius 3 is 2.60 bits per heavy atom. The highest BCUT2D eigenvalue weighted by molar-refractivity contribution is 7.19. The molecule has 0 saturated carbocycles. The standard InChI is InChI=1S/C24H27ClF3N9O2S/c25-19-4-3-18(39-24(26,27)28)12-16(19)13-35-8-10-36(11-9-35)15-21(38)31-23-34-33-22(40-23)30-17-5-7-37(14-17)20-2-1-6-29-32-20/h1-4,6,12,17H,5,7-11,13-15H2,(H,30,33)(H,31,34,38)/t17-/m1/s1. The number of carbonyl (C=O) groups is 1. The Morgan fingerprint density at radius 1 is 1.07 bits per heavy atom. The number of alkyl halides is 3. The zero-order chi connectivity index (χ0) is 28.1. The van der Waals surface area contributed by atoms with Gasteiger partial charge in [0.05, 0.1) is 6.54 Å². The second kappa shape index (κ2) is 12.5. The summed E-state index contributed by atoms with van der Waals surface area (Å²) >= 11 is 7.48. The van der Waals surface area contributed by atoms with Gasteiger partial charge >= 0.3 is 6.36 Å². The van der Waals surface area contributed by atoms with Crippen molar-refractivity contribution >= 4 is 44.9 Å². The van der Waals surface area contributed by atoms with E-state index in [0.717, 1.165) is 25.3 Å². The molecule has 1 atom stereocenters. The van der Waals surface area contributed by atoms with Gasteiger partial charge in [0.25, 0.3) is 0 Å². The van der Waals surface area contributed by atoms with Gasteiger partial charge in [-0.3, -0.25) is 19.9 Å². The van der Waals surface area contributed by atoms with Crippen LogP contribution in [-0.4, -0.2) is 94.3 Å². The number of aromatic nitrogens is 4. The number of amides is 1. The van der Waals surface area contributed by atoms with Gasteiger partial charge in [0.15, 0.2) is 5.82 Å². The molecule has 16 heteroatoms. The van der Waals surface area contributed by atoms with Crippen LogP contribution in [0.1, 0.15) is 12.0 Å². The fraction of sp³-hybridized carbons (Fsp3) is 0.458. The zero-order valence-electron chi connectivity index (χ0n) is 21.3. The van der Waals surface area contributed by atoms with Crippen LogP contribution >= 0.6 is 22.9 Å². The van der Waals surface area contributed by atoms with Gasteiger partial charge in [0.2, 0.25) is 16.2 Å². The largest absolute Gasteiger partial charge is 0.573 e. The van der Waals surface area contributed by atoms with E-state index in [1.165, 1.54) is 29.5 Å². The maximum Gasteiger partial charge on any atom is 0.573 e. The summed E-state index contributed by atoms with van der Waals surface area (Å²) in [4.78, 5) is 18.9. The number of anilines is 3. The molecule has 11 nitrogen and oxygen atoms in total. The minimum Gasteiger partial charge on any atom is -0.406 e. The number of piperazine rings is 1. The number of hydrogen-bond donors (Lipinski definition) is 2. The molecule has 2 aliphatic heterocycles. The SMILES string of the molecule is O=C(CN1CCN(Cc2cc(OC(F)(F)F)ccc2Cl)CC1)Nc1nnc(N[C@@H]2CCN(c3cccnn3)C2)s1. The molecule has 40 heavy (non-hydrogen) atoms. The van der Waals surface area contributed by atoms with Crippen LogP contribution in [0, 0.1) is 0 Å². The van der Waals surface area contributed by atoms with E-state index in [1.807, 2.05) is 17.0 Å². The maximum atomic E-state index is 12.6. The molecule has 1 amide bonds. The first-order valence-electron chi connectivity index (χ1n) is 12.6. The summed E-state index contributed by atoms with van der Waals surface area (Å²) in [6.07, 6.45) is -2.20. The van der Waals surface area contributed by atoms with Crippen molar-refractivity contribution in [2.24, 2.45) is 0 Å². The van der Waals surface area contributed by atoms with Crippen LogP contribution in [-0.2, 0) is 11.3 Å². The molecule has 0 radical (unpaired) electrons. The fourth-order valence-corrected chi connectivity index (χ4v) is 5.55. The normalized spacial score (nSPS) is 18.6. The fourth-order valence-electron chi connectivity index (χ4n) is 4.63. The molecule has 5 rings (SSSR count). The first-order valence-corrected chi connectivity index (χ1v) is 13.8. The molecule has 2 saturated heterocycles. The smallest absolute Gasteiger partial charge is 0.406 e. The Labute approximate surface area is 237 Å². The summed E-state index contributed by atoms with van der Waals surface area (Å²) in [6, 6.07) is 7.87. The van der Waals surface area contributed by atoms with E-state index in [4.69, 9.17) is 11.6 Å². The lowest BCUT2D eigenvalue weighted by Crippen LogP contribution is -2.48. The van der Waals surface area contributed by atoms with Crippen LogP contribution < -0.4 is 20.3 Å². The van der Waals surface area contributed by atoms with Crippen LogP contribution in [0.3, 0.4) is 0 Å². The van der Waals surface area contributed by atoms with E-state index in [1.54, 1.807) is 6.20 Å². The third-order valence-corrected chi connectivity index (χ3v) is 7.68. The zero-order valence-corrected chi connectivity index (χ0v) is 22.8. The lowest BCUT2D eigenvalue weighted by molar-refractivity contribution is -0.274. The molecule has 3 aromatic rings. The number of nitrogens with one attached hydrogen (secondary N) is 2. The number of hydrogen-bond acceptors (Lipinski definition) is 11. The van der Waals surface area contributed by atoms with Crippen LogP contribution in [0.5, 0.6) is 5.75 Å². The Morgan fingerprint density at radius 2 is 1.85 bits per heavy atom. The first-order chi connectivity index (χ1) is 19.2. The predicted molar refractivity (Wildman–Crippen MR) is 145 cm³/mol. The van der Waals surface area contributed by atoms with E-state index >= 15 is 0 Å². The van der Waals surface area contributed by atoms with Crippen LogP contribution in [0.25, 0.3) is 0 Å². The molecule has 214 valence electrons. The van der Waals surface area contributed by atoms with Crippen LogP contribution in [0.2, 0.25) is 5.02 Å². The molecular weight excluding hydrogens is 571 g/mol. The number of nitrogens with zero attached hydrogens (tertiary/aromatic N) is 7. The number of rotatable bonds is 9. The lowest BCUT2D eigenvalue weighted by Gasteiger charge is -2.34. The van der Waals surface area contributed by atoms with Gasteiger partial charge in [0, 0.05) is 63.1 Å². The van der Waals surface area contributed by atoms with Gasteiger partial charge in [-0.2, -0.15) is 5.10 Å². The molecule has 2 aromatic heterocycles. The molecule has 0 unspecified atom stereocenters. The van der Waals surface area contributed by atoms with Crippen molar-refractivity contribution in [3.8, 4) is 5.75 Å². The molecule has 2 fully saturated rings. The average molecular weight is 598 g/mol. The van der Waals surface area contributed by atoms with Crippen LogP contribution in [0.4, 0.5) is 29.3 Å². The molecule has 0 spiro atoms. The number of halogens is 4. The Hall–Kier alpha value is -3.27. The second-order valence-electron chi connectivity index (χ2n) is 9.47. The highest BCUT2D eigenvalue weighted by atomic mass is 35.5. The predicted octanol–water partition coefficient (Wildman–Crippen LogP) is 3.33. The van der Waals surface area contributed by atoms with Crippen molar-refractivity contribution in [3.63, 3.8) is 0 Å². The molecule has 2 aliphatic rings. The minimum atomic E-state index is -4.76. The molecule has 2 N–H and O–H groups in total. The van der Waals surface area contributed by atoms with Gasteiger partial charge in [-0.1, -0.05) is 22.9 Å². The van der Waals surface area contributed by atoms with E-state index in [2.05, 4.69) is 45.6 Å². The number of carbonyl (C=O) groups excluding carboxylic acids is 1. The highest BCUT2D eigenvalue weighted by Crippen LogP contribution is 2.28. The number of benzene rings is 1. The van der Waals surface area contributed by atoms with Gasteiger partial charge in [-0.05, 0) is 42.3 Å². The van der Waals surface area contributed by atoms with Crippen molar-refractivity contribution < 1.29 is 22.7 Å².